The topological polar surface area (TPSA) is 28.2 Å². The Kier molecular flexibility index (Phi) is 3.85. The number of rotatable bonds is 4. The van der Waals surface area contributed by atoms with Crippen molar-refractivity contribution in [3.63, 3.8) is 0 Å². The van der Waals surface area contributed by atoms with Gasteiger partial charge in [0.2, 0.25) is 0 Å². The van der Waals surface area contributed by atoms with Crippen LogP contribution in [0.2, 0.25) is 0 Å². The minimum atomic E-state index is 0.864. The van der Waals surface area contributed by atoms with Gasteiger partial charge in [-0.25, -0.2) is 4.98 Å². The van der Waals surface area contributed by atoms with Gasteiger partial charge in [-0.1, -0.05) is 6.42 Å². The lowest BCUT2D eigenvalue weighted by atomic mass is 9.92. The second kappa shape index (κ2) is 5.57. The first kappa shape index (κ1) is 12.4. The molecule has 2 atom stereocenters. The number of aromatic nitrogens is 1. The molecule has 0 aromatic carbocycles. The lowest BCUT2D eigenvalue weighted by molar-refractivity contribution is 0.107. The summed E-state index contributed by atoms with van der Waals surface area (Å²) < 4.78 is 0. The van der Waals surface area contributed by atoms with Gasteiger partial charge in [-0.15, -0.1) is 11.3 Å². The van der Waals surface area contributed by atoms with Crippen molar-refractivity contribution in [2.45, 2.75) is 51.6 Å². The number of nitrogens with zero attached hydrogens (tertiary/aromatic N) is 2. The molecule has 0 bridgehead atoms. The molecule has 1 aromatic rings. The van der Waals surface area contributed by atoms with E-state index in [-0.39, 0.29) is 0 Å². The zero-order valence-corrected chi connectivity index (χ0v) is 12.0. The predicted octanol–water partition coefficient (Wildman–Crippen LogP) is 3.34. The summed E-state index contributed by atoms with van der Waals surface area (Å²) in [6.45, 7) is 5.48. The molecule has 0 spiro atoms. The van der Waals surface area contributed by atoms with Crippen molar-refractivity contribution < 1.29 is 0 Å². The summed E-state index contributed by atoms with van der Waals surface area (Å²) in [5, 5.41) is 4.38. The molecule has 1 aliphatic heterocycles. The molecule has 0 radical (unpaired) electrons. The molecule has 2 aliphatic rings. The van der Waals surface area contributed by atoms with Crippen LogP contribution < -0.4 is 5.32 Å². The van der Waals surface area contributed by atoms with Crippen molar-refractivity contribution >= 4 is 16.5 Å². The van der Waals surface area contributed by atoms with E-state index in [9.17, 15) is 0 Å². The zero-order chi connectivity index (χ0) is 12.4. The Morgan fingerprint density at radius 2 is 2.28 bits per heavy atom. The summed E-state index contributed by atoms with van der Waals surface area (Å²) in [7, 11) is 0. The molecule has 1 saturated heterocycles. The molecule has 2 heterocycles. The summed E-state index contributed by atoms with van der Waals surface area (Å²) in [4.78, 5) is 8.57. The highest BCUT2D eigenvalue weighted by Gasteiger charge is 2.34. The van der Waals surface area contributed by atoms with Gasteiger partial charge in [-0.2, -0.15) is 0 Å². The third-order valence-electron chi connectivity index (χ3n) is 4.35. The Bertz CT molecular complexity index is 390. The third kappa shape index (κ3) is 2.54. The van der Waals surface area contributed by atoms with Crippen molar-refractivity contribution in [3.05, 3.63) is 11.1 Å². The molecule has 0 amide bonds. The van der Waals surface area contributed by atoms with E-state index in [0.29, 0.717) is 0 Å². The van der Waals surface area contributed by atoms with Gasteiger partial charge in [-0.3, -0.25) is 4.90 Å². The minimum Gasteiger partial charge on any atom is -0.362 e. The largest absolute Gasteiger partial charge is 0.362 e. The third-order valence-corrected chi connectivity index (χ3v) is 5.29. The molecule has 2 unspecified atom stereocenters. The normalized spacial score (nSPS) is 28.3. The summed E-state index contributed by atoms with van der Waals surface area (Å²) in [6.07, 6.45) is 9.24. The van der Waals surface area contributed by atoms with Crippen LogP contribution in [0.4, 0.5) is 5.13 Å². The van der Waals surface area contributed by atoms with E-state index in [2.05, 4.69) is 28.3 Å². The Balaban J connectivity index is 1.63. The Labute approximate surface area is 114 Å². The van der Waals surface area contributed by atoms with Gasteiger partial charge >= 0.3 is 0 Å². The highest BCUT2D eigenvalue weighted by Crippen LogP contribution is 2.37. The summed E-state index contributed by atoms with van der Waals surface area (Å²) >= 11 is 1.82. The van der Waals surface area contributed by atoms with Gasteiger partial charge in [-0.05, 0) is 45.1 Å². The van der Waals surface area contributed by atoms with Crippen LogP contribution in [-0.4, -0.2) is 29.0 Å². The van der Waals surface area contributed by atoms with Crippen molar-refractivity contribution in [1.29, 1.82) is 0 Å². The number of thiazole rings is 1. The van der Waals surface area contributed by atoms with E-state index in [0.717, 1.165) is 30.2 Å². The van der Waals surface area contributed by atoms with Gasteiger partial charge in [0.25, 0.3) is 0 Å². The first-order valence-corrected chi connectivity index (χ1v) is 8.11. The number of piperidine rings is 1. The van der Waals surface area contributed by atoms with Crippen LogP contribution in [0.1, 0.15) is 43.9 Å². The molecular formula is C14H23N3S. The van der Waals surface area contributed by atoms with Crippen molar-refractivity contribution in [1.82, 2.24) is 9.88 Å². The minimum absolute atomic E-state index is 0.864. The Morgan fingerprint density at radius 1 is 1.39 bits per heavy atom. The highest BCUT2D eigenvalue weighted by atomic mass is 32.1. The maximum Gasteiger partial charge on any atom is 0.182 e. The van der Waals surface area contributed by atoms with Crippen molar-refractivity contribution in [2.24, 2.45) is 5.92 Å². The van der Waals surface area contributed by atoms with E-state index in [1.807, 2.05) is 11.3 Å². The molecular weight excluding hydrogens is 242 g/mol. The fraction of sp³-hybridized carbons (Fsp3) is 0.786. The monoisotopic (exact) mass is 265 g/mol. The Hall–Kier alpha value is -0.610. The van der Waals surface area contributed by atoms with Gasteiger partial charge in [0.05, 0.1) is 0 Å². The number of likely N-dealkylation sites (tertiary alicyclic amines) is 1. The SMILES string of the molecule is CCNc1ncc(CN2CCCC3CCCC32)s1. The first-order valence-electron chi connectivity index (χ1n) is 7.29. The summed E-state index contributed by atoms with van der Waals surface area (Å²) in [5.41, 5.74) is 0. The van der Waals surface area contributed by atoms with Gasteiger partial charge < -0.3 is 5.32 Å². The maximum atomic E-state index is 4.44. The van der Waals surface area contributed by atoms with E-state index in [1.165, 1.54) is 43.5 Å². The van der Waals surface area contributed by atoms with Crippen LogP contribution in [0, 0.1) is 5.92 Å². The van der Waals surface area contributed by atoms with Gasteiger partial charge in [0, 0.05) is 30.2 Å². The second-order valence-electron chi connectivity index (χ2n) is 5.53. The lowest BCUT2D eigenvalue weighted by Crippen LogP contribution is -2.41. The molecule has 3 nitrogen and oxygen atoms in total. The van der Waals surface area contributed by atoms with E-state index in [4.69, 9.17) is 0 Å². The number of hydrogen-bond acceptors (Lipinski definition) is 4. The molecule has 1 aliphatic carbocycles. The molecule has 1 N–H and O–H groups in total. The standard InChI is InChI=1S/C14H23N3S/c1-2-15-14-16-9-12(18-14)10-17-8-4-6-11-5-3-7-13(11)17/h9,11,13H,2-8,10H2,1H3,(H,15,16). The average molecular weight is 265 g/mol. The molecule has 1 saturated carbocycles. The van der Waals surface area contributed by atoms with E-state index in [1.54, 1.807) is 0 Å². The molecule has 100 valence electrons. The lowest BCUT2D eigenvalue weighted by Gasteiger charge is -2.37. The molecule has 3 rings (SSSR count). The van der Waals surface area contributed by atoms with E-state index >= 15 is 0 Å². The van der Waals surface area contributed by atoms with Gasteiger partial charge in [0.1, 0.15) is 0 Å². The van der Waals surface area contributed by atoms with Crippen LogP contribution in [-0.2, 0) is 6.54 Å². The summed E-state index contributed by atoms with van der Waals surface area (Å²) in [5.74, 6) is 0.986. The highest BCUT2D eigenvalue weighted by molar-refractivity contribution is 7.15. The Morgan fingerprint density at radius 3 is 3.17 bits per heavy atom. The smallest absolute Gasteiger partial charge is 0.182 e. The number of anilines is 1. The second-order valence-corrected chi connectivity index (χ2v) is 6.65. The first-order chi connectivity index (χ1) is 8.86. The fourth-order valence-electron chi connectivity index (χ4n) is 3.57. The van der Waals surface area contributed by atoms with Crippen LogP contribution in [0.5, 0.6) is 0 Å². The molecule has 1 aromatic heterocycles. The van der Waals surface area contributed by atoms with Crippen molar-refractivity contribution in [2.75, 3.05) is 18.4 Å². The zero-order valence-electron chi connectivity index (χ0n) is 11.2. The quantitative estimate of drug-likeness (QED) is 0.905. The van der Waals surface area contributed by atoms with Crippen LogP contribution in [0.3, 0.4) is 0 Å². The maximum absolute atomic E-state index is 4.44. The number of nitrogens with one attached hydrogen (secondary N) is 1. The molecule has 4 heteroatoms. The average Bonchev–Trinajstić information content (AvgIpc) is 2.99. The van der Waals surface area contributed by atoms with Crippen LogP contribution >= 0.6 is 11.3 Å². The van der Waals surface area contributed by atoms with Gasteiger partial charge in [0.15, 0.2) is 5.13 Å². The molecule has 18 heavy (non-hydrogen) atoms. The fourth-order valence-corrected chi connectivity index (χ4v) is 4.47. The van der Waals surface area contributed by atoms with Crippen LogP contribution in [0.15, 0.2) is 6.20 Å². The van der Waals surface area contributed by atoms with Crippen LogP contribution in [0.25, 0.3) is 0 Å². The summed E-state index contributed by atoms with van der Waals surface area (Å²) in [6, 6.07) is 0.864. The van der Waals surface area contributed by atoms with E-state index < -0.39 is 0 Å². The predicted molar refractivity (Wildman–Crippen MR) is 77.1 cm³/mol. The number of hydrogen-bond donors (Lipinski definition) is 1. The van der Waals surface area contributed by atoms with Crippen molar-refractivity contribution in [3.8, 4) is 0 Å². The molecule has 2 fully saturated rings. The number of fused-ring (bicyclic) bond motifs is 1.